The van der Waals surface area contributed by atoms with Gasteiger partial charge in [0, 0.05) is 36.7 Å². The third-order valence-electron chi connectivity index (χ3n) is 4.35. The molecule has 5 aromatic rings. The molecule has 2 aromatic carbocycles. The lowest BCUT2D eigenvalue weighted by atomic mass is 10.2. The molecule has 0 saturated carbocycles. The van der Waals surface area contributed by atoms with Gasteiger partial charge in [-0.25, -0.2) is 0 Å². The molecule has 0 atom stereocenters. The summed E-state index contributed by atoms with van der Waals surface area (Å²) in [5.41, 5.74) is 6.19. The second-order valence-electron chi connectivity index (χ2n) is 7.84. The number of rotatable bonds is 0. The topological polar surface area (TPSA) is 38.7 Å². The summed E-state index contributed by atoms with van der Waals surface area (Å²) in [7, 11) is 0. The molecule has 0 N–H and O–H groups in total. The predicted octanol–water partition coefficient (Wildman–Crippen LogP) is 15.0. The molecule has 3 heterocycles. The largest absolute Gasteiger partial charge is 0.265 e. The molecule has 3 nitrogen and oxygen atoms in total. The van der Waals surface area contributed by atoms with Crippen molar-refractivity contribution >= 4 is 0 Å². The summed E-state index contributed by atoms with van der Waals surface area (Å²) in [6.45, 7) is 34.2. The van der Waals surface area contributed by atoms with Gasteiger partial charge in [-0.2, -0.15) is 0 Å². The van der Waals surface area contributed by atoms with Crippen molar-refractivity contribution in [2.75, 3.05) is 0 Å². The van der Waals surface area contributed by atoms with Crippen LogP contribution in [0.15, 0.2) is 134 Å². The van der Waals surface area contributed by atoms with E-state index in [9.17, 15) is 0 Å². The van der Waals surface area contributed by atoms with Crippen LogP contribution in [0.3, 0.4) is 0 Å². The van der Waals surface area contributed by atoms with E-state index >= 15 is 0 Å². The summed E-state index contributed by atoms with van der Waals surface area (Å²) >= 11 is 0. The van der Waals surface area contributed by atoms with E-state index in [4.69, 9.17) is 0 Å². The van der Waals surface area contributed by atoms with Crippen molar-refractivity contribution in [2.45, 2.75) is 125 Å². The Labute approximate surface area is 301 Å². The summed E-state index contributed by atoms with van der Waals surface area (Å²) in [5, 5.41) is 0. The van der Waals surface area contributed by atoms with Crippen LogP contribution in [0.4, 0.5) is 0 Å². The molecule has 0 unspecified atom stereocenters. The van der Waals surface area contributed by atoms with Gasteiger partial charge in [0.25, 0.3) is 0 Å². The monoisotopic (exact) mass is 660 g/mol. The van der Waals surface area contributed by atoms with Crippen LogP contribution in [0.1, 0.15) is 118 Å². The maximum atomic E-state index is 3.98. The van der Waals surface area contributed by atoms with E-state index < -0.39 is 0 Å². The van der Waals surface area contributed by atoms with Crippen LogP contribution in [-0.2, 0) is 0 Å². The minimum Gasteiger partial charge on any atom is -0.265 e. The molecule has 0 aliphatic heterocycles. The molecule has 0 aliphatic carbocycles. The first-order valence-corrected chi connectivity index (χ1v) is 17.6. The number of pyridine rings is 3. The Balaban J connectivity index is -0.0000000807. The van der Waals surface area contributed by atoms with Crippen molar-refractivity contribution in [1.82, 2.24) is 15.0 Å². The third-order valence-corrected chi connectivity index (χ3v) is 4.35. The summed E-state index contributed by atoms with van der Waals surface area (Å²) in [6.07, 6.45) is 8.97. The zero-order valence-corrected chi connectivity index (χ0v) is 33.5. The van der Waals surface area contributed by atoms with Crippen molar-refractivity contribution in [3.63, 3.8) is 0 Å². The van der Waals surface area contributed by atoms with Crippen LogP contribution in [0.25, 0.3) is 0 Å². The normalized spacial score (nSPS) is 7.10. The summed E-state index contributed by atoms with van der Waals surface area (Å²) in [6, 6.07) is 34.3. The Hall–Kier alpha value is -4.11. The number of hydrogen-bond donors (Lipinski definition) is 0. The van der Waals surface area contributed by atoms with Gasteiger partial charge in [-0.05, 0) is 76.1 Å². The lowest BCUT2D eigenvalue weighted by molar-refractivity contribution is 1.20. The maximum Gasteiger partial charge on any atom is 0.0372 e. The molecule has 0 spiro atoms. The van der Waals surface area contributed by atoms with Crippen LogP contribution in [0, 0.1) is 34.6 Å². The molecule has 0 saturated heterocycles. The molecule has 0 aliphatic rings. The maximum absolute atomic E-state index is 3.98. The molecular weight excluding hydrogens is 583 g/mol. The van der Waals surface area contributed by atoms with Gasteiger partial charge in [0.15, 0.2) is 0 Å². The number of nitrogens with zero attached hydrogens (tertiary/aromatic N) is 3. The zero-order valence-electron chi connectivity index (χ0n) is 33.5. The number of aromatic nitrogens is 3. The highest BCUT2D eigenvalue weighted by Gasteiger charge is 1.75. The van der Waals surface area contributed by atoms with Gasteiger partial charge in [0.05, 0.1) is 0 Å². The smallest absolute Gasteiger partial charge is 0.0372 e. The lowest BCUT2D eigenvalue weighted by Crippen LogP contribution is -1.72. The van der Waals surface area contributed by atoms with Gasteiger partial charge in [-0.15, -0.1) is 0 Å². The fraction of sp³-hybridized carbons (Fsp3) is 0.400. The first kappa shape index (κ1) is 59.3. The number of benzene rings is 2. The first-order chi connectivity index (χ1) is 23.0. The molecule has 48 heavy (non-hydrogen) atoms. The highest BCUT2D eigenvalue weighted by molar-refractivity contribution is 5.12. The van der Waals surface area contributed by atoms with Gasteiger partial charge in [-0.1, -0.05) is 174 Å². The van der Waals surface area contributed by atoms with E-state index in [0.717, 1.165) is 5.69 Å². The number of hydrogen-bond acceptors (Lipinski definition) is 3. The molecule has 0 fully saturated rings. The molecule has 0 bridgehead atoms. The minimum absolute atomic E-state index is 0. The Morgan fingerprint density at radius 2 is 0.667 bits per heavy atom. The SMILES string of the molecule is C.CC.CC.CC.CC.CC.CC.Cc1ccccc1.Cc1ccccc1.Cc1ccccn1.Cc1cccnc1.Cc1ccncc1. The fourth-order valence-corrected chi connectivity index (χ4v) is 2.39. The fourth-order valence-electron chi connectivity index (χ4n) is 2.39. The lowest BCUT2D eigenvalue weighted by Gasteiger charge is -1.82. The van der Waals surface area contributed by atoms with Crippen LogP contribution < -0.4 is 0 Å². The van der Waals surface area contributed by atoms with E-state index in [-0.39, 0.29) is 7.43 Å². The van der Waals surface area contributed by atoms with Gasteiger partial charge >= 0.3 is 0 Å². The van der Waals surface area contributed by atoms with Gasteiger partial charge in [0.2, 0.25) is 0 Å². The molecule has 272 valence electrons. The van der Waals surface area contributed by atoms with Crippen molar-refractivity contribution < 1.29 is 0 Å². The van der Waals surface area contributed by atoms with Crippen LogP contribution in [0.2, 0.25) is 0 Å². The summed E-state index contributed by atoms with van der Waals surface area (Å²) < 4.78 is 0. The Kier molecular flexibility index (Phi) is 72.2. The van der Waals surface area contributed by atoms with Crippen LogP contribution >= 0.6 is 0 Å². The second-order valence-corrected chi connectivity index (χ2v) is 7.84. The molecule has 3 aromatic heterocycles. The molecule has 5 rings (SSSR count). The molecular formula is C45H77N3. The molecule has 0 amide bonds. The van der Waals surface area contributed by atoms with Crippen molar-refractivity contribution in [3.05, 3.63) is 162 Å². The molecule has 0 radical (unpaired) electrons. The van der Waals surface area contributed by atoms with Gasteiger partial charge in [-0.3, -0.25) is 15.0 Å². The average molecular weight is 660 g/mol. The van der Waals surface area contributed by atoms with E-state index in [1.165, 1.54) is 22.3 Å². The van der Waals surface area contributed by atoms with Crippen molar-refractivity contribution in [2.24, 2.45) is 0 Å². The van der Waals surface area contributed by atoms with E-state index in [1.54, 1.807) is 24.8 Å². The summed E-state index contributed by atoms with van der Waals surface area (Å²) in [4.78, 5) is 11.7. The quantitative estimate of drug-likeness (QED) is 0.166. The Bertz CT molecular complexity index is 884. The van der Waals surface area contributed by atoms with Gasteiger partial charge < -0.3 is 0 Å². The highest BCUT2D eigenvalue weighted by Crippen LogP contribution is 1.93. The minimum atomic E-state index is 0. The second kappa shape index (κ2) is 58.4. The highest BCUT2D eigenvalue weighted by atomic mass is 14.6. The Morgan fingerprint density at radius 3 is 0.833 bits per heavy atom. The predicted molar refractivity (Wildman–Crippen MR) is 224 cm³/mol. The first-order valence-electron chi connectivity index (χ1n) is 17.6. The average Bonchev–Trinajstić information content (AvgIpc) is 3.16. The molecule has 3 heteroatoms. The van der Waals surface area contributed by atoms with E-state index in [2.05, 4.69) is 53.1 Å². The van der Waals surface area contributed by atoms with Crippen LogP contribution in [0.5, 0.6) is 0 Å². The van der Waals surface area contributed by atoms with Crippen molar-refractivity contribution in [3.8, 4) is 0 Å². The summed E-state index contributed by atoms with van der Waals surface area (Å²) in [5.74, 6) is 0. The van der Waals surface area contributed by atoms with E-state index in [1.807, 2.05) is 189 Å². The van der Waals surface area contributed by atoms with E-state index in [0.29, 0.717) is 0 Å². The number of aryl methyl sites for hydroxylation is 5. The van der Waals surface area contributed by atoms with Crippen molar-refractivity contribution in [1.29, 1.82) is 0 Å². The third kappa shape index (κ3) is 54.4. The van der Waals surface area contributed by atoms with Gasteiger partial charge in [0.1, 0.15) is 0 Å². The zero-order chi connectivity index (χ0) is 37.6. The van der Waals surface area contributed by atoms with Crippen LogP contribution in [-0.4, -0.2) is 15.0 Å². The Morgan fingerprint density at radius 1 is 0.312 bits per heavy atom. The standard InChI is InChI=1S/2C7H8.3C6H7N.6C2H6.CH4/c2*1-7-5-3-2-4-6-7;1-6-2-4-7-5-3-6;1-6-3-2-4-7-5-6;1-6-4-2-3-5-7-6;6*1-2;/h2*2-6H,1H3;3*2-5H,1H3;6*1-2H3;1H4.